The molecule has 6 heteroatoms. The standard InChI is InChI=1S/C18H17BrN2O3/c1-24-16-9-4-12(11-15(16)19)18(23)20-13-5-7-14(8-6-13)21-10-2-3-17(21)22/h4-9,11H,2-3,10H2,1H3,(H,20,23). The first kappa shape index (κ1) is 16.5. The quantitative estimate of drug-likeness (QED) is 0.865. The van der Waals surface area contributed by atoms with Gasteiger partial charge in [0, 0.05) is 29.9 Å². The van der Waals surface area contributed by atoms with Crippen molar-refractivity contribution < 1.29 is 14.3 Å². The third kappa shape index (κ3) is 3.43. The molecule has 0 aromatic heterocycles. The van der Waals surface area contributed by atoms with E-state index in [2.05, 4.69) is 21.2 Å². The number of nitrogens with zero attached hydrogens (tertiary/aromatic N) is 1. The second kappa shape index (κ2) is 7.05. The number of halogens is 1. The van der Waals surface area contributed by atoms with Gasteiger partial charge in [-0.15, -0.1) is 0 Å². The molecule has 24 heavy (non-hydrogen) atoms. The first-order valence-electron chi connectivity index (χ1n) is 7.64. The Morgan fingerprint density at radius 3 is 2.54 bits per heavy atom. The largest absolute Gasteiger partial charge is 0.496 e. The van der Waals surface area contributed by atoms with E-state index in [0.29, 0.717) is 23.4 Å². The van der Waals surface area contributed by atoms with Gasteiger partial charge in [-0.3, -0.25) is 9.59 Å². The van der Waals surface area contributed by atoms with Gasteiger partial charge in [0.2, 0.25) is 5.91 Å². The van der Waals surface area contributed by atoms with Crippen molar-refractivity contribution in [3.63, 3.8) is 0 Å². The Morgan fingerprint density at radius 2 is 1.96 bits per heavy atom. The van der Waals surface area contributed by atoms with Crippen molar-refractivity contribution in [3.05, 3.63) is 52.5 Å². The molecule has 3 rings (SSSR count). The van der Waals surface area contributed by atoms with Crippen LogP contribution in [0.4, 0.5) is 11.4 Å². The maximum atomic E-state index is 12.3. The van der Waals surface area contributed by atoms with Crippen molar-refractivity contribution >= 4 is 39.1 Å². The van der Waals surface area contributed by atoms with Crippen LogP contribution in [0.25, 0.3) is 0 Å². The predicted molar refractivity (Wildman–Crippen MR) is 96.7 cm³/mol. The Balaban J connectivity index is 1.70. The van der Waals surface area contributed by atoms with E-state index in [-0.39, 0.29) is 11.8 Å². The SMILES string of the molecule is COc1ccc(C(=O)Nc2ccc(N3CCCC3=O)cc2)cc1Br. The number of amides is 2. The molecule has 2 aromatic rings. The summed E-state index contributed by atoms with van der Waals surface area (Å²) in [6.45, 7) is 0.754. The summed E-state index contributed by atoms with van der Waals surface area (Å²) in [4.78, 5) is 25.8. The summed E-state index contributed by atoms with van der Waals surface area (Å²) in [5.41, 5.74) is 2.08. The molecular formula is C18H17BrN2O3. The van der Waals surface area contributed by atoms with Crippen LogP contribution in [-0.2, 0) is 4.79 Å². The summed E-state index contributed by atoms with van der Waals surface area (Å²) >= 11 is 3.37. The highest BCUT2D eigenvalue weighted by Gasteiger charge is 2.21. The fraction of sp³-hybridized carbons (Fsp3) is 0.222. The van der Waals surface area contributed by atoms with E-state index in [9.17, 15) is 9.59 Å². The minimum Gasteiger partial charge on any atom is -0.496 e. The van der Waals surface area contributed by atoms with Gasteiger partial charge in [-0.1, -0.05) is 0 Å². The summed E-state index contributed by atoms with van der Waals surface area (Å²) in [6, 6.07) is 12.5. The first-order valence-corrected chi connectivity index (χ1v) is 8.43. The molecule has 2 amide bonds. The molecule has 0 radical (unpaired) electrons. The van der Waals surface area contributed by atoms with Crippen molar-refractivity contribution in [1.29, 1.82) is 0 Å². The molecule has 1 fully saturated rings. The highest BCUT2D eigenvalue weighted by molar-refractivity contribution is 9.10. The molecule has 1 saturated heterocycles. The van der Waals surface area contributed by atoms with E-state index in [4.69, 9.17) is 4.74 Å². The molecule has 1 aliphatic heterocycles. The van der Waals surface area contributed by atoms with Gasteiger partial charge < -0.3 is 15.0 Å². The normalized spacial score (nSPS) is 13.9. The molecule has 1 N–H and O–H groups in total. The molecule has 2 aromatic carbocycles. The molecule has 0 aliphatic carbocycles. The van der Waals surface area contributed by atoms with Crippen LogP contribution in [0.3, 0.4) is 0 Å². The zero-order chi connectivity index (χ0) is 17.1. The van der Waals surface area contributed by atoms with Crippen LogP contribution in [0.5, 0.6) is 5.75 Å². The third-order valence-corrected chi connectivity index (χ3v) is 4.54. The second-order valence-corrected chi connectivity index (χ2v) is 6.35. The summed E-state index contributed by atoms with van der Waals surface area (Å²) < 4.78 is 5.88. The van der Waals surface area contributed by atoms with Crippen LogP contribution >= 0.6 is 15.9 Å². The second-order valence-electron chi connectivity index (χ2n) is 5.50. The topological polar surface area (TPSA) is 58.6 Å². The predicted octanol–water partition coefficient (Wildman–Crippen LogP) is 3.84. The molecule has 0 spiro atoms. The minimum atomic E-state index is -0.205. The van der Waals surface area contributed by atoms with Crippen molar-refractivity contribution in [2.75, 3.05) is 23.9 Å². The van der Waals surface area contributed by atoms with E-state index >= 15 is 0 Å². The van der Waals surface area contributed by atoms with Crippen molar-refractivity contribution in [1.82, 2.24) is 0 Å². The Morgan fingerprint density at radius 1 is 1.21 bits per heavy atom. The number of hydrogen-bond acceptors (Lipinski definition) is 3. The van der Waals surface area contributed by atoms with E-state index in [0.717, 1.165) is 23.1 Å². The Kier molecular flexibility index (Phi) is 4.85. The number of nitrogens with one attached hydrogen (secondary N) is 1. The number of carbonyl (C=O) groups excluding carboxylic acids is 2. The minimum absolute atomic E-state index is 0.148. The number of methoxy groups -OCH3 is 1. The number of benzene rings is 2. The van der Waals surface area contributed by atoms with Crippen LogP contribution in [0.15, 0.2) is 46.9 Å². The molecule has 0 atom stereocenters. The van der Waals surface area contributed by atoms with Gasteiger partial charge in [0.05, 0.1) is 11.6 Å². The summed E-state index contributed by atoms with van der Waals surface area (Å²) in [7, 11) is 1.58. The zero-order valence-corrected chi connectivity index (χ0v) is 14.8. The maximum Gasteiger partial charge on any atom is 0.255 e. The van der Waals surface area contributed by atoms with Gasteiger partial charge >= 0.3 is 0 Å². The lowest BCUT2D eigenvalue weighted by Gasteiger charge is -2.16. The first-order chi connectivity index (χ1) is 11.6. The van der Waals surface area contributed by atoms with Crippen LogP contribution in [-0.4, -0.2) is 25.5 Å². The van der Waals surface area contributed by atoms with E-state index in [1.54, 1.807) is 42.3 Å². The van der Waals surface area contributed by atoms with E-state index < -0.39 is 0 Å². The van der Waals surface area contributed by atoms with Crippen molar-refractivity contribution in [3.8, 4) is 5.75 Å². The summed E-state index contributed by atoms with van der Waals surface area (Å²) in [5, 5.41) is 2.85. The summed E-state index contributed by atoms with van der Waals surface area (Å²) in [6.07, 6.45) is 1.49. The van der Waals surface area contributed by atoms with Gasteiger partial charge in [0.25, 0.3) is 5.91 Å². The van der Waals surface area contributed by atoms with Crippen LogP contribution in [0, 0.1) is 0 Å². The van der Waals surface area contributed by atoms with Crippen molar-refractivity contribution in [2.45, 2.75) is 12.8 Å². The number of anilines is 2. The van der Waals surface area contributed by atoms with Gasteiger partial charge in [0.15, 0.2) is 0 Å². The Labute approximate surface area is 148 Å². The van der Waals surface area contributed by atoms with E-state index in [1.165, 1.54) is 0 Å². The number of ether oxygens (including phenoxy) is 1. The highest BCUT2D eigenvalue weighted by Crippen LogP contribution is 2.26. The monoisotopic (exact) mass is 388 g/mol. The van der Waals surface area contributed by atoms with Gasteiger partial charge in [-0.2, -0.15) is 0 Å². The maximum absolute atomic E-state index is 12.3. The van der Waals surface area contributed by atoms with Crippen molar-refractivity contribution in [2.24, 2.45) is 0 Å². The van der Waals surface area contributed by atoms with Gasteiger partial charge in [-0.05, 0) is 64.8 Å². The lowest BCUT2D eigenvalue weighted by atomic mass is 10.2. The third-order valence-electron chi connectivity index (χ3n) is 3.92. The number of rotatable bonds is 4. The molecule has 0 bridgehead atoms. The lowest BCUT2D eigenvalue weighted by Crippen LogP contribution is -2.23. The lowest BCUT2D eigenvalue weighted by molar-refractivity contribution is -0.117. The van der Waals surface area contributed by atoms with Crippen LogP contribution in [0.2, 0.25) is 0 Å². The Bertz CT molecular complexity index is 774. The summed E-state index contributed by atoms with van der Waals surface area (Å²) in [5.74, 6) is 0.615. The Hall–Kier alpha value is -2.34. The van der Waals surface area contributed by atoms with Crippen LogP contribution in [0.1, 0.15) is 23.2 Å². The van der Waals surface area contributed by atoms with Crippen LogP contribution < -0.4 is 15.0 Å². The fourth-order valence-corrected chi connectivity index (χ4v) is 3.20. The average molecular weight is 389 g/mol. The average Bonchev–Trinajstić information content (AvgIpc) is 3.01. The molecule has 124 valence electrons. The molecule has 1 heterocycles. The molecule has 1 aliphatic rings. The smallest absolute Gasteiger partial charge is 0.255 e. The fourth-order valence-electron chi connectivity index (χ4n) is 2.66. The zero-order valence-electron chi connectivity index (χ0n) is 13.2. The van der Waals surface area contributed by atoms with Gasteiger partial charge in [0.1, 0.15) is 5.75 Å². The van der Waals surface area contributed by atoms with Gasteiger partial charge in [-0.25, -0.2) is 0 Å². The molecule has 0 unspecified atom stereocenters. The highest BCUT2D eigenvalue weighted by atomic mass is 79.9. The number of carbonyl (C=O) groups is 2. The molecule has 5 nitrogen and oxygen atoms in total. The molecular weight excluding hydrogens is 372 g/mol. The van der Waals surface area contributed by atoms with E-state index in [1.807, 2.05) is 12.1 Å². The number of hydrogen-bond donors (Lipinski definition) is 1. The molecule has 0 saturated carbocycles.